The Morgan fingerprint density at radius 1 is 1.35 bits per heavy atom. The van der Waals surface area contributed by atoms with Crippen LogP contribution in [-0.2, 0) is 33.1 Å². The number of hydrogen-bond donors (Lipinski definition) is 1. The van der Waals surface area contributed by atoms with Crippen molar-refractivity contribution in [3.63, 3.8) is 0 Å². The summed E-state index contributed by atoms with van der Waals surface area (Å²) in [6, 6.07) is 0. The first-order valence-electron chi connectivity index (χ1n) is 9.71. The molecule has 2 saturated heterocycles. The summed E-state index contributed by atoms with van der Waals surface area (Å²) >= 11 is 0. The fraction of sp³-hybridized carbons (Fsp3) is 0.778. The first-order valence-corrected chi connectivity index (χ1v) is 11.6. The van der Waals surface area contributed by atoms with Crippen LogP contribution in [0.1, 0.15) is 18.4 Å². The van der Waals surface area contributed by atoms with Crippen LogP contribution in [0.15, 0.2) is 12.4 Å². The molecule has 0 amide bonds. The van der Waals surface area contributed by atoms with Crippen molar-refractivity contribution in [1.29, 1.82) is 0 Å². The Morgan fingerprint density at radius 3 is 2.35 bits per heavy atom. The van der Waals surface area contributed by atoms with Crippen LogP contribution in [-0.4, -0.2) is 90.8 Å². The molecular formula is C18H29F3N4O5S. The van der Waals surface area contributed by atoms with E-state index in [4.69, 9.17) is 14.6 Å². The molecule has 31 heavy (non-hydrogen) atoms. The standard InChI is InChI=1S/C16H28N4O3S.C2HF3O2/c1-18-9-14(8-17-18)10-19-6-4-16(5-7-19)13-20(24(3,21)22)11-15(16)12-23-2;3-2(4,5)1(6)7/h8-9,15H,4-7,10-13H2,1-3H3;(H,6,7). The van der Waals surface area contributed by atoms with Crippen LogP contribution in [0.3, 0.4) is 0 Å². The number of aliphatic carboxylic acids is 1. The van der Waals surface area contributed by atoms with Crippen molar-refractivity contribution in [3.8, 4) is 0 Å². The molecule has 2 aliphatic heterocycles. The van der Waals surface area contributed by atoms with E-state index in [1.165, 1.54) is 11.8 Å². The number of carbonyl (C=O) groups is 1. The molecule has 2 aliphatic rings. The predicted molar refractivity (Wildman–Crippen MR) is 106 cm³/mol. The number of hydrogen-bond acceptors (Lipinski definition) is 6. The Balaban J connectivity index is 0.000000423. The van der Waals surface area contributed by atoms with Crippen molar-refractivity contribution in [2.75, 3.05) is 46.2 Å². The maximum atomic E-state index is 12.0. The normalized spacial score (nSPS) is 22.3. The van der Waals surface area contributed by atoms with E-state index in [1.807, 2.05) is 17.9 Å². The summed E-state index contributed by atoms with van der Waals surface area (Å²) in [4.78, 5) is 11.3. The highest BCUT2D eigenvalue weighted by Crippen LogP contribution is 2.45. The average molecular weight is 471 g/mol. The first-order chi connectivity index (χ1) is 14.3. The van der Waals surface area contributed by atoms with Crippen molar-refractivity contribution in [1.82, 2.24) is 19.0 Å². The number of alkyl halides is 3. The highest BCUT2D eigenvalue weighted by atomic mass is 32.2. The van der Waals surface area contributed by atoms with Gasteiger partial charge in [-0.2, -0.15) is 18.3 Å². The van der Waals surface area contributed by atoms with Crippen molar-refractivity contribution < 1.29 is 36.2 Å². The number of halogens is 3. The molecule has 0 aromatic carbocycles. The van der Waals surface area contributed by atoms with E-state index < -0.39 is 22.2 Å². The van der Waals surface area contributed by atoms with E-state index in [0.717, 1.165) is 32.5 Å². The summed E-state index contributed by atoms with van der Waals surface area (Å²) < 4.78 is 64.6. The molecule has 1 spiro atoms. The van der Waals surface area contributed by atoms with Crippen molar-refractivity contribution >= 4 is 16.0 Å². The summed E-state index contributed by atoms with van der Waals surface area (Å²) in [7, 11) is 0.500. The maximum absolute atomic E-state index is 12.0. The van der Waals surface area contributed by atoms with Crippen molar-refractivity contribution in [2.45, 2.75) is 25.6 Å². The number of methoxy groups -OCH3 is 1. The van der Waals surface area contributed by atoms with Crippen LogP contribution in [0.4, 0.5) is 13.2 Å². The predicted octanol–water partition coefficient (Wildman–Crippen LogP) is 1.17. The Hall–Kier alpha value is -1.70. The Bertz CT molecular complexity index is 851. The van der Waals surface area contributed by atoms with Crippen LogP contribution in [0.25, 0.3) is 0 Å². The van der Waals surface area contributed by atoms with Gasteiger partial charge in [0.2, 0.25) is 10.0 Å². The SMILES string of the molecule is COCC1CN(S(C)(=O)=O)CC12CCN(Cc1cnn(C)c1)CC2.O=C(O)C(F)(F)F. The van der Waals surface area contributed by atoms with E-state index in [0.29, 0.717) is 19.7 Å². The first kappa shape index (κ1) is 25.6. The molecule has 1 N–H and O–H groups in total. The molecule has 1 unspecified atom stereocenters. The number of aryl methyl sites for hydroxylation is 1. The number of likely N-dealkylation sites (tertiary alicyclic amines) is 1. The van der Waals surface area contributed by atoms with Crippen LogP contribution in [0.2, 0.25) is 0 Å². The summed E-state index contributed by atoms with van der Waals surface area (Å²) in [6.45, 7) is 4.76. The lowest BCUT2D eigenvalue weighted by atomic mass is 9.71. The molecule has 1 atom stereocenters. The van der Waals surface area contributed by atoms with Gasteiger partial charge >= 0.3 is 12.1 Å². The Morgan fingerprint density at radius 2 is 1.94 bits per heavy atom. The number of nitrogens with zero attached hydrogens (tertiary/aromatic N) is 4. The van der Waals surface area contributed by atoms with Gasteiger partial charge < -0.3 is 9.84 Å². The molecule has 13 heteroatoms. The molecule has 0 aliphatic carbocycles. The topological polar surface area (TPSA) is 105 Å². The zero-order valence-electron chi connectivity index (χ0n) is 17.8. The van der Waals surface area contributed by atoms with Crippen LogP contribution >= 0.6 is 0 Å². The fourth-order valence-corrected chi connectivity index (χ4v) is 5.14. The largest absolute Gasteiger partial charge is 0.490 e. The monoisotopic (exact) mass is 470 g/mol. The quantitative estimate of drug-likeness (QED) is 0.689. The molecule has 1 aromatic heterocycles. The van der Waals surface area contributed by atoms with E-state index in [9.17, 15) is 21.6 Å². The molecule has 9 nitrogen and oxygen atoms in total. The molecule has 2 fully saturated rings. The zero-order chi connectivity index (χ0) is 23.4. The van der Waals surface area contributed by atoms with Crippen LogP contribution < -0.4 is 0 Å². The van der Waals surface area contributed by atoms with Gasteiger partial charge in [-0.3, -0.25) is 9.58 Å². The second kappa shape index (κ2) is 9.84. The van der Waals surface area contributed by atoms with Crippen LogP contribution in [0.5, 0.6) is 0 Å². The van der Waals surface area contributed by atoms with Gasteiger partial charge in [-0.1, -0.05) is 0 Å². The Kier molecular flexibility index (Phi) is 8.11. The molecule has 178 valence electrons. The number of piperidine rings is 1. The van der Waals surface area contributed by atoms with Gasteiger partial charge in [0.25, 0.3) is 0 Å². The molecular weight excluding hydrogens is 441 g/mol. The van der Waals surface area contributed by atoms with E-state index in [1.54, 1.807) is 11.4 Å². The van der Waals surface area contributed by atoms with E-state index in [-0.39, 0.29) is 11.3 Å². The van der Waals surface area contributed by atoms with Gasteiger partial charge in [-0.15, -0.1) is 0 Å². The molecule has 0 bridgehead atoms. The van der Waals surface area contributed by atoms with Gasteiger partial charge in [-0.05, 0) is 31.3 Å². The number of sulfonamides is 1. The Labute approximate surface area is 179 Å². The smallest absolute Gasteiger partial charge is 0.475 e. The number of rotatable bonds is 5. The number of ether oxygens (including phenoxy) is 1. The maximum Gasteiger partial charge on any atom is 0.490 e. The van der Waals surface area contributed by atoms with Gasteiger partial charge in [0.15, 0.2) is 0 Å². The zero-order valence-corrected chi connectivity index (χ0v) is 18.6. The third-order valence-electron chi connectivity index (χ3n) is 5.88. The number of carboxylic acid groups (broad SMARTS) is 1. The van der Waals surface area contributed by atoms with E-state index in [2.05, 4.69) is 16.2 Å². The lowest BCUT2D eigenvalue weighted by molar-refractivity contribution is -0.192. The second-order valence-electron chi connectivity index (χ2n) is 8.17. The summed E-state index contributed by atoms with van der Waals surface area (Å²) in [6.07, 6.45) is 2.24. The van der Waals surface area contributed by atoms with Gasteiger partial charge in [0.1, 0.15) is 0 Å². The molecule has 3 heterocycles. The molecule has 3 rings (SSSR count). The fourth-order valence-electron chi connectivity index (χ4n) is 4.20. The molecule has 0 saturated carbocycles. The van der Waals surface area contributed by atoms with Gasteiger partial charge in [0.05, 0.1) is 19.1 Å². The highest BCUT2D eigenvalue weighted by Gasteiger charge is 2.50. The van der Waals surface area contributed by atoms with Crippen molar-refractivity contribution in [2.24, 2.45) is 18.4 Å². The lowest BCUT2D eigenvalue weighted by Gasteiger charge is -2.42. The second-order valence-corrected chi connectivity index (χ2v) is 10.2. The third kappa shape index (κ3) is 6.89. The van der Waals surface area contributed by atoms with Crippen LogP contribution in [0, 0.1) is 11.3 Å². The minimum absolute atomic E-state index is 0.0600. The third-order valence-corrected chi connectivity index (χ3v) is 7.09. The number of aromatic nitrogens is 2. The van der Waals surface area contributed by atoms with Crippen molar-refractivity contribution in [3.05, 3.63) is 18.0 Å². The molecule has 0 radical (unpaired) electrons. The summed E-state index contributed by atoms with van der Waals surface area (Å²) in [5, 5.41) is 11.4. The number of carboxylic acids is 1. The minimum atomic E-state index is -5.08. The summed E-state index contributed by atoms with van der Waals surface area (Å²) in [5.41, 5.74) is 1.29. The molecule has 1 aromatic rings. The highest BCUT2D eigenvalue weighted by molar-refractivity contribution is 7.88. The lowest BCUT2D eigenvalue weighted by Crippen LogP contribution is -2.45. The van der Waals surface area contributed by atoms with Gasteiger partial charge in [0, 0.05) is 51.5 Å². The minimum Gasteiger partial charge on any atom is -0.475 e. The summed E-state index contributed by atoms with van der Waals surface area (Å²) in [5.74, 6) is -2.47. The average Bonchev–Trinajstić information content (AvgIpc) is 3.21. The van der Waals surface area contributed by atoms with Gasteiger partial charge in [-0.25, -0.2) is 17.5 Å². The van der Waals surface area contributed by atoms with E-state index >= 15 is 0 Å².